The highest BCUT2D eigenvalue weighted by molar-refractivity contribution is 5.83. The second-order valence-corrected chi connectivity index (χ2v) is 10.1. The van der Waals surface area contributed by atoms with E-state index in [4.69, 9.17) is 9.47 Å². The van der Waals surface area contributed by atoms with E-state index in [0.29, 0.717) is 17.0 Å². The molecule has 40 heavy (non-hydrogen) atoms. The molecule has 0 bridgehead atoms. The summed E-state index contributed by atoms with van der Waals surface area (Å²) in [7, 11) is 3.40. The smallest absolute Gasteiger partial charge is 0.306 e. The fraction of sp³-hybridized carbons (Fsp3) is 0.367. The summed E-state index contributed by atoms with van der Waals surface area (Å²) in [6.07, 6.45) is 0.114. The molecule has 1 aromatic heterocycles. The Hall–Kier alpha value is -3.83. The molecule has 4 aromatic rings. The standard InChI is InChI=1S/C30H38N5O5/c1-7-40-29(36)18-26(23-16-27-30(28(17-23)39-6)33(5)32-31-27)22-14-13-21(4)24(15-22)19-34(20(2)3)35(37,38)25-11-9-8-10-12-25/h8-17,20,26,37-38H,7,18-19H2,1-6H3/q+1. The van der Waals surface area contributed by atoms with E-state index in [9.17, 15) is 15.2 Å². The average molecular weight is 549 g/mol. The molecule has 212 valence electrons. The Kier molecular flexibility index (Phi) is 8.85. The van der Waals surface area contributed by atoms with Gasteiger partial charge in [0, 0.05) is 25.1 Å². The molecule has 0 saturated carbocycles. The van der Waals surface area contributed by atoms with Gasteiger partial charge < -0.3 is 9.47 Å². The van der Waals surface area contributed by atoms with Crippen molar-refractivity contribution in [3.05, 3.63) is 82.9 Å². The molecule has 0 aliphatic heterocycles. The fourth-order valence-electron chi connectivity index (χ4n) is 4.98. The molecule has 10 nitrogen and oxygen atoms in total. The molecule has 0 amide bonds. The summed E-state index contributed by atoms with van der Waals surface area (Å²) in [6, 6.07) is 18.3. The number of methoxy groups -OCH3 is 1. The molecule has 1 atom stereocenters. The number of ether oxygens (including phenoxy) is 2. The van der Waals surface area contributed by atoms with E-state index in [1.54, 1.807) is 55.0 Å². The first-order chi connectivity index (χ1) is 19.1. The number of hydrogen-bond acceptors (Lipinski definition) is 8. The number of esters is 1. The molecule has 0 saturated heterocycles. The van der Waals surface area contributed by atoms with Crippen LogP contribution in [0, 0.1) is 6.92 Å². The Balaban J connectivity index is 1.78. The normalized spacial score (nSPS) is 12.8. The lowest BCUT2D eigenvalue weighted by molar-refractivity contribution is -0.411. The van der Waals surface area contributed by atoms with Crippen molar-refractivity contribution in [3.8, 4) is 5.75 Å². The lowest BCUT2D eigenvalue weighted by Gasteiger charge is -2.34. The third-order valence-electron chi connectivity index (χ3n) is 7.15. The van der Waals surface area contributed by atoms with Gasteiger partial charge in [0.2, 0.25) is 5.69 Å². The number of aryl methyl sites for hydroxylation is 2. The number of fused-ring (bicyclic) bond motifs is 1. The van der Waals surface area contributed by atoms with Crippen LogP contribution in [0.1, 0.15) is 55.4 Å². The van der Waals surface area contributed by atoms with Crippen molar-refractivity contribution in [2.75, 3.05) is 13.7 Å². The van der Waals surface area contributed by atoms with E-state index >= 15 is 0 Å². The van der Waals surface area contributed by atoms with E-state index in [-0.39, 0.29) is 37.5 Å². The number of para-hydroxylation sites is 1. The van der Waals surface area contributed by atoms with Crippen LogP contribution in [-0.2, 0) is 23.1 Å². The highest BCUT2D eigenvalue weighted by Gasteiger charge is 2.39. The van der Waals surface area contributed by atoms with Crippen LogP contribution in [0.15, 0.2) is 60.7 Å². The quantitative estimate of drug-likeness (QED) is 0.148. The van der Waals surface area contributed by atoms with Gasteiger partial charge in [-0.3, -0.25) is 4.79 Å². The predicted molar refractivity (Wildman–Crippen MR) is 152 cm³/mol. The lowest BCUT2D eigenvalue weighted by atomic mass is 9.86. The van der Waals surface area contributed by atoms with Gasteiger partial charge in [0.15, 0.2) is 0 Å². The highest BCUT2D eigenvalue weighted by Crippen LogP contribution is 2.36. The zero-order valence-electron chi connectivity index (χ0n) is 23.9. The number of aromatic nitrogens is 3. The maximum atomic E-state index is 12.8. The minimum Gasteiger partial charge on any atom is -0.494 e. The monoisotopic (exact) mass is 548 g/mol. The molecule has 0 aliphatic carbocycles. The van der Waals surface area contributed by atoms with Crippen LogP contribution in [-0.4, -0.2) is 56.1 Å². The van der Waals surface area contributed by atoms with E-state index in [0.717, 1.165) is 27.8 Å². The average Bonchev–Trinajstić information content (AvgIpc) is 3.31. The van der Waals surface area contributed by atoms with Crippen molar-refractivity contribution in [1.29, 1.82) is 0 Å². The number of carbonyl (C=O) groups excluding carboxylic acids is 1. The first-order valence-corrected chi connectivity index (χ1v) is 13.4. The lowest BCUT2D eigenvalue weighted by Crippen LogP contribution is -2.59. The highest BCUT2D eigenvalue weighted by atomic mass is 16.9. The van der Waals surface area contributed by atoms with Gasteiger partial charge in [-0.15, -0.1) is 5.10 Å². The molecule has 3 aromatic carbocycles. The van der Waals surface area contributed by atoms with Crippen LogP contribution in [0.25, 0.3) is 11.0 Å². The van der Waals surface area contributed by atoms with Crippen LogP contribution in [0.5, 0.6) is 5.75 Å². The van der Waals surface area contributed by atoms with Crippen molar-refractivity contribution in [2.24, 2.45) is 7.05 Å². The largest absolute Gasteiger partial charge is 0.494 e. The van der Waals surface area contributed by atoms with Crippen molar-refractivity contribution >= 4 is 22.7 Å². The first-order valence-electron chi connectivity index (χ1n) is 13.4. The van der Waals surface area contributed by atoms with Crippen molar-refractivity contribution in [1.82, 2.24) is 24.9 Å². The summed E-state index contributed by atoms with van der Waals surface area (Å²) in [6.45, 7) is 8.12. The van der Waals surface area contributed by atoms with Crippen molar-refractivity contribution < 1.29 is 24.7 Å². The number of benzene rings is 3. The molecule has 1 unspecified atom stereocenters. The van der Waals surface area contributed by atoms with E-state index in [1.165, 1.54) is 0 Å². The first kappa shape index (κ1) is 29.2. The molecule has 0 spiro atoms. The second kappa shape index (κ2) is 12.1. The Morgan fingerprint density at radius 3 is 2.45 bits per heavy atom. The zero-order valence-corrected chi connectivity index (χ0v) is 23.9. The Morgan fingerprint density at radius 2 is 1.80 bits per heavy atom. The van der Waals surface area contributed by atoms with Gasteiger partial charge in [-0.05, 0) is 62.1 Å². The minimum atomic E-state index is -1.38. The molecule has 10 heteroatoms. The Morgan fingerprint density at radius 1 is 1.07 bits per heavy atom. The third-order valence-corrected chi connectivity index (χ3v) is 7.15. The summed E-state index contributed by atoms with van der Waals surface area (Å²) in [5, 5.41) is 32.4. The second-order valence-electron chi connectivity index (χ2n) is 10.1. The topological polar surface area (TPSA) is 110 Å². The number of rotatable bonds is 11. The fourth-order valence-corrected chi connectivity index (χ4v) is 4.98. The van der Waals surface area contributed by atoms with Gasteiger partial charge in [-0.25, -0.2) is 4.68 Å². The molecular weight excluding hydrogens is 510 g/mol. The number of hydrogen-bond donors (Lipinski definition) is 2. The summed E-state index contributed by atoms with van der Waals surface area (Å²) in [5.41, 5.74) is 5.36. The van der Waals surface area contributed by atoms with Crippen LogP contribution in [0.4, 0.5) is 5.69 Å². The molecule has 2 N–H and O–H groups in total. The van der Waals surface area contributed by atoms with Gasteiger partial charge in [0.05, 0.1) is 37.6 Å². The summed E-state index contributed by atoms with van der Waals surface area (Å²) < 4.78 is 12.7. The van der Waals surface area contributed by atoms with Crippen LogP contribution in [0.3, 0.4) is 0 Å². The zero-order chi connectivity index (χ0) is 29.0. The van der Waals surface area contributed by atoms with E-state index in [2.05, 4.69) is 10.3 Å². The van der Waals surface area contributed by atoms with E-state index in [1.807, 2.05) is 57.2 Å². The summed E-state index contributed by atoms with van der Waals surface area (Å²) in [4.78, 5) is 11.4. The van der Waals surface area contributed by atoms with Gasteiger partial charge in [-0.2, -0.15) is 10.4 Å². The minimum absolute atomic E-state index is 0.114. The number of carbonyl (C=O) groups is 1. The van der Waals surface area contributed by atoms with Gasteiger partial charge >= 0.3 is 5.97 Å². The van der Waals surface area contributed by atoms with Crippen LogP contribution < -0.4 is 9.66 Å². The molecule has 0 radical (unpaired) electrons. The summed E-state index contributed by atoms with van der Waals surface area (Å²) in [5.74, 6) is -0.0670. The third kappa shape index (κ3) is 6.00. The Labute approximate surface area is 234 Å². The molecule has 1 heterocycles. The Bertz CT molecular complexity index is 1470. The number of quaternary nitrogens is 1. The molecule has 4 rings (SSSR count). The van der Waals surface area contributed by atoms with Crippen LogP contribution >= 0.6 is 0 Å². The predicted octanol–water partition coefficient (Wildman–Crippen LogP) is 5.28. The SMILES string of the molecule is CCOC(=O)CC(c1ccc(C)c(CN(C(C)C)[N+](O)(O)c2ccccc2)c1)c1cc(OC)c2c(c1)nnn2C. The van der Waals surface area contributed by atoms with Crippen molar-refractivity contribution in [2.45, 2.75) is 52.6 Å². The molecule has 0 aliphatic rings. The number of nitrogens with zero attached hydrogens (tertiary/aromatic N) is 5. The van der Waals surface area contributed by atoms with Gasteiger partial charge in [0.1, 0.15) is 16.8 Å². The maximum Gasteiger partial charge on any atom is 0.306 e. The molecule has 0 fully saturated rings. The van der Waals surface area contributed by atoms with Gasteiger partial charge in [0.25, 0.3) is 0 Å². The summed E-state index contributed by atoms with van der Waals surface area (Å²) >= 11 is 0. The maximum absolute atomic E-state index is 12.8. The van der Waals surface area contributed by atoms with Crippen molar-refractivity contribution in [3.63, 3.8) is 0 Å². The molecular formula is C30H38N5O5+. The van der Waals surface area contributed by atoms with E-state index < -0.39 is 4.92 Å². The van der Waals surface area contributed by atoms with Gasteiger partial charge in [-0.1, -0.05) is 46.6 Å². The van der Waals surface area contributed by atoms with Crippen LogP contribution in [0.2, 0.25) is 0 Å².